The van der Waals surface area contributed by atoms with Crippen molar-refractivity contribution in [1.82, 2.24) is 0 Å². The quantitative estimate of drug-likeness (QED) is 0.754. The van der Waals surface area contributed by atoms with Gasteiger partial charge in [0.05, 0.1) is 12.7 Å². The van der Waals surface area contributed by atoms with Crippen LogP contribution >= 0.6 is 0 Å². The van der Waals surface area contributed by atoms with Gasteiger partial charge in [-0.15, -0.1) is 0 Å². The molecule has 1 amide bonds. The van der Waals surface area contributed by atoms with Gasteiger partial charge in [-0.05, 0) is 38.0 Å². The molecular weight excluding hydrogens is 204 g/mol. The molecule has 0 aromatic heterocycles. The zero-order valence-corrected chi connectivity index (χ0v) is 10.5. The first-order valence-electron chi connectivity index (χ1n) is 6.01. The van der Waals surface area contributed by atoms with E-state index in [1.807, 2.05) is 0 Å². The first-order valence-corrected chi connectivity index (χ1v) is 6.01. The van der Waals surface area contributed by atoms with Gasteiger partial charge < -0.3 is 16.2 Å². The molecule has 16 heavy (non-hydrogen) atoms. The fourth-order valence-corrected chi connectivity index (χ4v) is 2.37. The number of carbonyl (C=O) groups is 1. The molecule has 3 unspecified atom stereocenters. The molecule has 4 nitrogen and oxygen atoms in total. The number of amides is 1. The Morgan fingerprint density at radius 1 is 1.31 bits per heavy atom. The Balaban J connectivity index is 2.40. The summed E-state index contributed by atoms with van der Waals surface area (Å²) in [5.41, 5.74) is 9.89. The third-order valence-electron chi connectivity index (χ3n) is 3.32. The second-order valence-corrected chi connectivity index (χ2v) is 5.63. The highest BCUT2D eigenvalue weighted by molar-refractivity contribution is 5.83. The summed E-state index contributed by atoms with van der Waals surface area (Å²) < 4.78 is 5.72. The zero-order valence-electron chi connectivity index (χ0n) is 10.5. The minimum absolute atomic E-state index is 0.215. The van der Waals surface area contributed by atoms with Gasteiger partial charge in [0.1, 0.15) is 5.54 Å². The number of ether oxygens (including phenoxy) is 1. The maximum atomic E-state index is 11.0. The van der Waals surface area contributed by atoms with Gasteiger partial charge in [-0.3, -0.25) is 4.79 Å². The lowest BCUT2D eigenvalue weighted by molar-refractivity contribution is -0.126. The van der Waals surface area contributed by atoms with E-state index in [-0.39, 0.29) is 12.7 Å². The van der Waals surface area contributed by atoms with E-state index in [0.29, 0.717) is 11.8 Å². The van der Waals surface area contributed by atoms with Crippen LogP contribution in [-0.2, 0) is 9.53 Å². The predicted octanol–water partition coefficient (Wildman–Crippen LogP) is 1.03. The lowest BCUT2D eigenvalue weighted by atomic mass is 9.82. The molecule has 3 atom stereocenters. The average molecular weight is 228 g/mol. The van der Waals surface area contributed by atoms with Crippen molar-refractivity contribution in [2.75, 3.05) is 6.61 Å². The molecule has 0 aliphatic heterocycles. The minimum Gasteiger partial charge on any atom is -0.376 e. The zero-order chi connectivity index (χ0) is 12.3. The van der Waals surface area contributed by atoms with Crippen LogP contribution < -0.4 is 11.5 Å². The van der Waals surface area contributed by atoms with Crippen LogP contribution in [0.3, 0.4) is 0 Å². The van der Waals surface area contributed by atoms with Gasteiger partial charge in [0.2, 0.25) is 5.91 Å². The van der Waals surface area contributed by atoms with Gasteiger partial charge >= 0.3 is 0 Å². The van der Waals surface area contributed by atoms with Gasteiger partial charge in [-0.2, -0.15) is 0 Å². The Bertz CT molecular complexity index is 243. The van der Waals surface area contributed by atoms with Crippen LogP contribution in [0.2, 0.25) is 0 Å². The van der Waals surface area contributed by atoms with Gasteiger partial charge in [-0.25, -0.2) is 0 Å². The Labute approximate surface area is 97.7 Å². The lowest BCUT2D eigenvalue weighted by Crippen LogP contribution is -2.53. The number of hydrogen-bond acceptors (Lipinski definition) is 3. The number of hydrogen-bond donors (Lipinski definition) is 2. The van der Waals surface area contributed by atoms with Crippen molar-refractivity contribution in [3.63, 3.8) is 0 Å². The van der Waals surface area contributed by atoms with Gasteiger partial charge in [-0.1, -0.05) is 13.8 Å². The molecule has 1 aliphatic rings. The fraction of sp³-hybridized carbons (Fsp3) is 0.917. The van der Waals surface area contributed by atoms with Crippen LogP contribution in [0.4, 0.5) is 0 Å². The fourth-order valence-electron chi connectivity index (χ4n) is 2.37. The maximum Gasteiger partial charge on any atom is 0.239 e. The van der Waals surface area contributed by atoms with Crippen molar-refractivity contribution in [2.24, 2.45) is 23.3 Å². The largest absolute Gasteiger partial charge is 0.376 e. The highest BCUT2D eigenvalue weighted by Crippen LogP contribution is 2.30. The highest BCUT2D eigenvalue weighted by atomic mass is 16.5. The molecule has 4 N–H and O–H groups in total. The van der Waals surface area contributed by atoms with E-state index in [0.717, 1.165) is 12.8 Å². The van der Waals surface area contributed by atoms with E-state index in [4.69, 9.17) is 16.2 Å². The summed E-state index contributed by atoms with van der Waals surface area (Å²) in [5.74, 6) is 0.863. The molecule has 1 fully saturated rings. The van der Waals surface area contributed by atoms with Crippen molar-refractivity contribution in [2.45, 2.75) is 51.7 Å². The summed E-state index contributed by atoms with van der Waals surface area (Å²) in [6, 6.07) is 0. The average Bonchev–Trinajstić information content (AvgIpc) is 2.13. The molecule has 4 heteroatoms. The van der Waals surface area contributed by atoms with Gasteiger partial charge in [0.25, 0.3) is 0 Å². The summed E-state index contributed by atoms with van der Waals surface area (Å²) in [4.78, 5) is 11.0. The molecule has 0 bridgehead atoms. The predicted molar refractivity (Wildman–Crippen MR) is 63.7 cm³/mol. The molecule has 1 saturated carbocycles. The Kier molecular flexibility index (Phi) is 4.33. The monoisotopic (exact) mass is 228 g/mol. The maximum absolute atomic E-state index is 11.0. The molecule has 0 aromatic rings. The second kappa shape index (κ2) is 5.15. The smallest absolute Gasteiger partial charge is 0.239 e. The van der Waals surface area contributed by atoms with Crippen molar-refractivity contribution in [3.05, 3.63) is 0 Å². The van der Waals surface area contributed by atoms with E-state index in [1.165, 1.54) is 6.42 Å². The Morgan fingerprint density at radius 3 is 2.25 bits per heavy atom. The molecular formula is C12H24N2O2. The molecule has 0 spiro atoms. The number of carbonyl (C=O) groups excluding carboxylic acids is 1. The van der Waals surface area contributed by atoms with Crippen LogP contribution in [0.25, 0.3) is 0 Å². The lowest BCUT2D eigenvalue weighted by Gasteiger charge is -2.33. The SMILES string of the molecule is CC1CC(C)CC(OCC(C)(N)C(N)=O)C1. The molecule has 1 aliphatic carbocycles. The van der Waals surface area contributed by atoms with Crippen molar-refractivity contribution < 1.29 is 9.53 Å². The number of nitrogens with two attached hydrogens (primary N) is 2. The molecule has 0 aromatic carbocycles. The first kappa shape index (κ1) is 13.5. The molecule has 0 saturated heterocycles. The van der Waals surface area contributed by atoms with Crippen LogP contribution in [0.1, 0.15) is 40.0 Å². The highest BCUT2D eigenvalue weighted by Gasteiger charge is 2.30. The topological polar surface area (TPSA) is 78.3 Å². The van der Waals surface area contributed by atoms with E-state index in [9.17, 15) is 4.79 Å². The Hall–Kier alpha value is -0.610. The molecule has 0 heterocycles. The Morgan fingerprint density at radius 2 is 1.81 bits per heavy atom. The third-order valence-corrected chi connectivity index (χ3v) is 3.32. The summed E-state index contributed by atoms with van der Waals surface area (Å²) in [6.45, 7) is 6.31. The van der Waals surface area contributed by atoms with E-state index in [2.05, 4.69) is 13.8 Å². The van der Waals surface area contributed by atoms with Crippen molar-refractivity contribution in [3.8, 4) is 0 Å². The van der Waals surface area contributed by atoms with E-state index in [1.54, 1.807) is 6.92 Å². The van der Waals surface area contributed by atoms with Crippen LogP contribution in [-0.4, -0.2) is 24.2 Å². The standard InChI is InChI=1S/C12H24N2O2/c1-8-4-9(2)6-10(5-8)16-7-12(3,14)11(13)15/h8-10H,4-7,14H2,1-3H3,(H2,13,15). The van der Waals surface area contributed by atoms with Crippen LogP contribution in [0.5, 0.6) is 0 Å². The number of primary amides is 1. The molecule has 1 rings (SSSR count). The summed E-state index contributed by atoms with van der Waals surface area (Å²) >= 11 is 0. The van der Waals surface area contributed by atoms with Gasteiger partial charge in [0, 0.05) is 0 Å². The van der Waals surface area contributed by atoms with Crippen LogP contribution in [0.15, 0.2) is 0 Å². The summed E-state index contributed by atoms with van der Waals surface area (Å²) in [7, 11) is 0. The van der Waals surface area contributed by atoms with E-state index < -0.39 is 11.4 Å². The molecule has 94 valence electrons. The normalized spacial score (nSPS) is 34.4. The van der Waals surface area contributed by atoms with Gasteiger partial charge in [0.15, 0.2) is 0 Å². The van der Waals surface area contributed by atoms with Crippen molar-refractivity contribution >= 4 is 5.91 Å². The minimum atomic E-state index is -1.05. The second-order valence-electron chi connectivity index (χ2n) is 5.63. The summed E-state index contributed by atoms with van der Waals surface area (Å²) in [6.07, 6.45) is 3.59. The first-order chi connectivity index (χ1) is 7.31. The van der Waals surface area contributed by atoms with Crippen molar-refractivity contribution in [1.29, 1.82) is 0 Å². The van der Waals surface area contributed by atoms with Crippen LogP contribution in [0, 0.1) is 11.8 Å². The third kappa shape index (κ3) is 3.76. The molecule has 0 radical (unpaired) electrons. The summed E-state index contributed by atoms with van der Waals surface area (Å²) in [5, 5.41) is 0. The number of rotatable bonds is 4. The van der Waals surface area contributed by atoms with E-state index >= 15 is 0 Å².